The van der Waals surface area contributed by atoms with E-state index in [1.54, 1.807) is 6.92 Å². The van der Waals surface area contributed by atoms with Crippen molar-refractivity contribution in [1.82, 2.24) is 5.32 Å². The molecule has 0 atom stereocenters. The molecule has 0 saturated carbocycles. The molecule has 4 nitrogen and oxygen atoms in total. The van der Waals surface area contributed by atoms with E-state index in [0.717, 1.165) is 31.3 Å². The molecule has 16 heavy (non-hydrogen) atoms. The first-order valence-corrected chi connectivity index (χ1v) is 5.64. The van der Waals surface area contributed by atoms with Gasteiger partial charge in [0.15, 0.2) is 5.11 Å². The van der Waals surface area contributed by atoms with Gasteiger partial charge in [-0.25, -0.2) is 0 Å². The lowest BCUT2D eigenvalue weighted by Gasteiger charge is -2.05. The number of hydrogen-bond donors (Lipinski definition) is 2. The number of rotatable bonds is 5. The Morgan fingerprint density at radius 3 is 2.56 bits per heavy atom. The highest BCUT2D eigenvalue weighted by Crippen LogP contribution is 2.12. The van der Waals surface area contributed by atoms with Crippen molar-refractivity contribution in [3.05, 3.63) is 11.1 Å². The molecule has 0 aliphatic carbocycles. The molecule has 88 valence electrons. The minimum Gasteiger partial charge on any atom is -0.376 e. The summed E-state index contributed by atoms with van der Waals surface area (Å²) < 4.78 is 0. The van der Waals surface area contributed by atoms with Gasteiger partial charge >= 0.3 is 0 Å². The Balaban J connectivity index is 4.56. The van der Waals surface area contributed by atoms with Crippen LogP contribution in [-0.4, -0.2) is 11.0 Å². The molecule has 0 bridgehead atoms. The third-order valence-electron chi connectivity index (χ3n) is 2.16. The maximum atomic E-state index is 11.5. The fraction of sp³-hybridized carbons (Fsp3) is 0.545. The molecule has 0 aliphatic heterocycles. The van der Waals surface area contributed by atoms with E-state index in [9.17, 15) is 4.79 Å². The molecule has 1 amide bonds. The van der Waals surface area contributed by atoms with E-state index in [4.69, 9.17) is 11.0 Å². The van der Waals surface area contributed by atoms with E-state index < -0.39 is 5.91 Å². The van der Waals surface area contributed by atoms with Gasteiger partial charge in [0.25, 0.3) is 5.91 Å². The first kappa shape index (κ1) is 14.6. The maximum absolute atomic E-state index is 11.5. The Morgan fingerprint density at radius 1 is 1.50 bits per heavy atom. The van der Waals surface area contributed by atoms with Crippen LogP contribution in [0.25, 0.3) is 0 Å². The van der Waals surface area contributed by atoms with Crippen LogP contribution in [0.1, 0.15) is 39.5 Å². The molecule has 0 rings (SSSR count). The zero-order valence-corrected chi connectivity index (χ0v) is 10.5. The highest BCUT2D eigenvalue weighted by atomic mass is 32.1. The molecule has 5 heteroatoms. The van der Waals surface area contributed by atoms with Crippen molar-refractivity contribution < 1.29 is 4.79 Å². The fourth-order valence-electron chi connectivity index (χ4n) is 1.28. The molecule has 0 aromatic rings. The predicted octanol–water partition coefficient (Wildman–Crippen LogP) is 1.77. The Morgan fingerprint density at radius 2 is 2.12 bits per heavy atom. The van der Waals surface area contributed by atoms with Gasteiger partial charge in [0.2, 0.25) is 0 Å². The lowest BCUT2D eigenvalue weighted by Crippen LogP contribution is -2.35. The highest BCUT2D eigenvalue weighted by molar-refractivity contribution is 7.80. The number of nitrogens with zero attached hydrogens (tertiary/aromatic N) is 1. The molecule has 0 unspecified atom stereocenters. The molecule has 0 aliphatic rings. The second kappa shape index (κ2) is 7.83. The number of unbranched alkanes of at least 4 members (excludes halogenated alkanes) is 2. The van der Waals surface area contributed by atoms with Crippen molar-refractivity contribution in [1.29, 1.82) is 5.26 Å². The van der Waals surface area contributed by atoms with Crippen LogP contribution < -0.4 is 11.1 Å². The van der Waals surface area contributed by atoms with E-state index in [1.807, 2.05) is 6.07 Å². The molecule has 0 fully saturated rings. The summed E-state index contributed by atoms with van der Waals surface area (Å²) in [7, 11) is 0. The van der Waals surface area contributed by atoms with Gasteiger partial charge < -0.3 is 5.73 Å². The first-order valence-electron chi connectivity index (χ1n) is 5.23. The van der Waals surface area contributed by atoms with E-state index in [0.29, 0.717) is 0 Å². The molecule has 3 N–H and O–H groups in total. The topological polar surface area (TPSA) is 78.9 Å². The molecular weight excluding hydrogens is 222 g/mol. The Hall–Kier alpha value is -1.41. The van der Waals surface area contributed by atoms with Crippen LogP contribution >= 0.6 is 12.2 Å². The molecule has 0 aromatic carbocycles. The number of hydrogen-bond acceptors (Lipinski definition) is 3. The minimum absolute atomic E-state index is 0.112. The number of carbonyl (C=O) groups excluding carboxylic acids is 1. The number of nitrogens with one attached hydrogen (secondary N) is 1. The summed E-state index contributed by atoms with van der Waals surface area (Å²) in [6.07, 6.45) is 3.93. The lowest BCUT2D eigenvalue weighted by molar-refractivity contribution is -0.115. The van der Waals surface area contributed by atoms with Crippen LogP contribution in [0, 0.1) is 11.3 Å². The lowest BCUT2D eigenvalue weighted by atomic mass is 10.0. The summed E-state index contributed by atoms with van der Waals surface area (Å²) in [6.45, 7) is 3.89. The van der Waals surface area contributed by atoms with E-state index >= 15 is 0 Å². The predicted molar refractivity (Wildman–Crippen MR) is 67.4 cm³/mol. The van der Waals surface area contributed by atoms with Gasteiger partial charge in [-0.3, -0.25) is 10.1 Å². The zero-order chi connectivity index (χ0) is 12.6. The van der Waals surface area contributed by atoms with Crippen molar-refractivity contribution in [3.8, 4) is 6.07 Å². The number of carbonyl (C=O) groups is 1. The quantitative estimate of drug-likeness (QED) is 0.332. The average Bonchev–Trinajstić information content (AvgIpc) is 2.18. The van der Waals surface area contributed by atoms with E-state index in [-0.39, 0.29) is 10.7 Å². The summed E-state index contributed by atoms with van der Waals surface area (Å²) in [5.74, 6) is -0.510. The van der Waals surface area contributed by atoms with E-state index in [2.05, 4.69) is 24.5 Å². The van der Waals surface area contributed by atoms with Crippen molar-refractivity contribution in [2.24, 2.45) is 5.73 Å². The Labute approximate surface area is 102 Å². The van der Waals surface area contributed by atoms with Crippen LogP contribution in [0.15, 0.2) is 11.1 Å². The van der Waals surface area contributed by atoms with Crippen LogP contribution in [0.4, 0.5) is 0 Å². The molecule has 0 heterocycles. The van der Waals surface area contributed by atoms with Crippen LogP contribution in [-0.2, 0) is 4.79 Å². The number of nitrogens with two attached hydrogens (primary N) is 1. The molecular formula is C11H17N3OS. The fourth-order valence-corrected chi connectivity index (χ4v) is 1.37. The molecule has 0 spiro atoms. The smallest absolute Gasteiger partial charge is 0.267 e. The van der Waals surface area contributed by atoms with Crippen molar-refractivity contribution in [2.45, 2.75) is 39.5 Å². The minimum atomic E-state index is -0.510. The number of amides is 1. The summed E-state index contributed by atoms with van der Waals surface area (Å²) in [5.41, 5.74) is 6.07. The summed E-state index contributed by atoms with van der Waals surface area (Å²) in [6, 6.07) is 1.89. The van der Waals surface area contributed by atoms with Gasteiger partial charge in [-0.05, 0) is 37.6 Å². The SMILES string of the molecule is CCCCC/C(C)=C(\C#N)C(=O)NC(N)=S. The molecule has 0 saturated heterocycles. The third kappa shape index (κ3) is 5.47. The first-order chi connectivity index (χ1) is 7.52. The number of nitriles is 1. The average molecular weight is 239 g/mol. The standard InChI is InChI=1S/C11H17N3OS/c1-3-4-5-6-8(2)9(7-12)10(15)14-11(13)16/h3-6H2,1-2H3,(H3,13,14,15,16)/b9-8+. The van der Waals surface area contributed by atoms with Gasteiger partial charge in [-0.2, -0.15) is 5.26 Å². The maximum Gasteiger partial charge on any atom is 0.267 e. The second-order valence-corrected chi connectivity index (χ2v) is 3.98. The normalized spacial score (nSPS) is 11.3. The zero-order valence-electron chi connectivity index (χ0n) is 9.67. The third-order valence-corrected chi connectivity index (χ3v) is 2.26. The monoisotopic (exact) mass is 239 g/mol. The Bertz CT molecular complexity index is 342. The van der Waals surface area contributed by atoms with Gasteiger partial charge in [-0.1, -0.05) is 19.8 Å². The van der Waals surface area contributed by atoms with E-state index in [1.165, 1.54) is 0 Å². The van der Waals surface area contributed by atoms with Crippen LogP contribution in [0.2, 0.25) is 0 Å². The molecule has 0 radical (unpaired) electrons. The van der Waals surface area contributed by atoms with Crippen LogP contribution in [0.3, 0.4) is 0 Å². The summed E-state index contributed by atoms with van der Waals surface area (Å²) in [5, 5.41) is 11.0. The number of thiocarbonyl (C=S) groups is 1. The Kier molecular flexibility index (Phi) is 7.14. The van der Waals surface area contributed by atoms with Crippen molar-refractivity contribution >= 4 is 23.2 Å². The largest absolute Gasteiger partial charge is 0.376 e. The summed E-state index contributed by atoms with van der Waals surface area (Å²) >= 11 is 4.55. The van der Waals surface area contributed by atoms with Gasteiger partial charge in [-0.15, -0.1) is 0 Å². The summed E-state index contributed by atoms with van der Waals surface area (Å²) in [4.78, 5) is 11.5. The van der Waals surface area contributed by atoms with Crippen molar-refractivity contribution in [2.75, 3.05) is 0 Å². The molecule has 0 aromatic heterocycles. The van der Waals surface area contributed by atoms with Gasteiger partial charge in [0.05, 0.1) is 0 Å². The van der Waals surface area contributed by atoms with Gasteiger partial charge in [0.1, 0.15) is 11.6 Å². The second-order valence-electron chi connectivity index (χ2n) is 3.54. The highest BCUT2D eigenvalue weighted by Gasteiger charge is 2.12. The van der Waals surface area contributed by atoms with Crippen molar-refractivity contribution in [3.63, 3.8) is 0 Å². The van der Waals surface area contributed by atoms with Gasteiger partial charge in [0, 0.05) is 0 Å². The number of allylic oxidation sites excluding steroid dienone is 1. The van der Waals surface area contributed by atoms with Crippen LogP contribution in [0.5, 0.6) is 0 Å².